The fraction of sp³-hybridized carbons (Fsp3) is 0.529. The maximum absolute atomic E-state index is 2.42. The van der Waals surface area contributed by atoms with Gasteiger partial charge < -0.3 is 0 Å². The first-order valence-electron chi connectivity index (χ1n) is 7.09. The van der Waals surface area contributed by atoms with Crippen LogP contribution < -0.4 is 0 Å². The van der Waals surface area contributed by atoms with Crippen LogP contribution in [0.2, 0.25) is 0 Å². The zero-order valence-corrected chi connectivity index (χ0v) is 11.0. The van der Waals surface area contributed by atoms with Crippen molar-refractivity contribution < 1.29 is 0 Å². The van der Waals surface area contributed by atoms with Crippen LogP contribution in [0.1, 0.15) is 57.4 Å². The minimum absolute atomic E-state index is 0.864. The van der Waals surface area contributed by atoms with Crippen molar-refractivity contribution in [2.75, 3.05) is 0 Å². The quantitative estimate of drug-likeness (QED) is 0.599. The van der Waals surface area contributed by atoms with E-state index < -0.39 is 0 Å². The summed E-state index contributed by atoms with van der Waals surface area (Å²) in [5, 5.41) is 0. The SMILES string of the molecule is CC1CCCCCCC(=Cc2ccccc2)C1. The fourth-order valence-electron chi connectivity index (χ4n) is 2.77. The number of hydrogen-bond acceptors (Lipinski definition) is 0. The van der Waals surface area contributed by atoms with Gasteiger partial charge in [-0.3, -0.25) is 0 Å². The molecule has 0 bridgehead atoms. The van der Waals surface area contributed by atoms with Gasteiger partial charge in [0.1, 0.15) is 0 Å². The van der Waals surface area contributed by atoms with Crippen LogP contribution in [0.4, 0.5) is 0 Å². The van der Waals surface area contributed by atoms with Gasteiger partial charge in [0.05, 0.1) is 0 Å². The van der Waals surface area contributed by atoms with Gasteiger partial charge in [-0.25, -0.2) is 0 Å². The van der Waals surface area contributed by atoms with Crippen molar-refractivity contribution in [2.45, 2.75) is 51.9 Å². The van der Waals surface area contributed by atoms with Crippen molar-refractivity contribution in [2.24, 2.45) is 5.92 Å². The standard InChI is InChI=1S/C17H24/c1-15-9-5-2-3-6-12-17(13-15)14-16-10-7-4-8-11-16/h4,7-8,10-11,14-15H,2-3,5-6,9,12-13H2,1H3. The average Bonchev–Trinajstić information content (AvgIpc) is 2.43. The van der Waals surface area contributed by atoms with Crippen molar-refractivity contribution >= 4 is 6.08 Å². The highest BCUT2D eigenvalue weighted by atomic mass is 14.1. The molecule has 1 aromatic carbocycles. The Hall–Kier alpha value is -1.04. The molecule has 0 heteroatoms. The van der Waals surface area contributed by atoms with Crippen LogP contribution in [0.3, 0.4) is 0 Å². The first-order chi connectivity index (χ1) is 8.34. The third-order valence-corrected chi connectivity index (χ3v) is 3.73. The Bertz CT molecular complexity index is 348. The lowest BCUT2D eigenvalue weighted by Crippen LogP contribution is -1.96. The highest BCUT2D eigenvalue weighted by Gasteiger charge is 2.09. The lowest BCUT2D eigenvalue weighted by Gasteiger charge is -2.12. The molecule has 1 aliphatic rings. The zero-order chi connectivity index (χ0) is 11.9. The van der Waals surface area contributed by atoms with E-state index in [9.17, 15) is 0 Å². The van der Waals surface area contributed by atoms with Gasteiger partial charge in [0.2, 0.25) is 0 Å². The van der Waals surface area contributed by atoms with Gasteiger partial charge in [0.15, 0.2) is 0 Å². The Morgan fingerprint density at radius 2 is 1.76 bits per heavy atom. The highest BCUT2D eigenvalue weighted by molar-refractivity contribution is 5.52. The molecule has 1 aliphatic carbocycles. The van der Waals surface area contributed by atoms with Crippen molar-refractivity contribution in [1.82, 2.24) is 0 Å². The second-order valence-corrected chi connectivity index (χ2v) is 5.48. The summed E-state index contributed by atoms with van der Waals surface area (Å²) in [7, 11) is 0. The molecule has 0 spiro atoms. The van der Waals surface area contributed by atoms with Gasteiger partial charge in [-0.1, -0.05) is 74.6 Å². The summed E-state index contributed by atoms with van der Waals surface area (Å²) in [6, 6.07) is 10.8. The summed E-state index contributed by atoms with van der Waals surface area (Å²) in [5.41, 5.74) is 3.03. The largest absolute Gasteiger partial charge is 0.0694 e. The van der Waals surface area contributed by atoms with Gasteiger partial charge in [-0.2, -0.15) is 0 Å². The Labute approximate surface area is 106 Å². The second-order valence-electron chi connectivity index (χ2n) is 5.48. The zero-order valence-electron chi connectivity index (χ0n) is 11.0. The van der Waals surface area contributed by atoms with E-state index in [1.165, 1.54) is 50.5 Å². The maximum Gasteiger partial charge on any atom is -0.0257 e. The molecule has 0 nitrogen and oxygen atoms in total. The third-order valence-electron chi connectivity index (χ3n) is 3.73. The van der Waals surface area contributed by atoms with E-state index in [0.29, 0.717) is 0 Å². The van der Waals surface area contributed by atoms with E-state index in [-0.39, 0.29) is 0 Å². The van der Waals surface area contributed by atoms with E-state index in [0.717, 1.165) is 5.92 Å². The van der Waals surface area contributed by atoms with E-state index >= 15 is 0 Å². The summed E-state index contributed by atoms with van der Waals surface area (Å²) in [6.07, 6.45) is 12.1. The van der Waals surface area contributed by atoms with Crippen LogP contribution in [0, 0.1) is 5.92 Å². The molecule has 17 heavy (non-hydrogen) atoms. The lowest BCUT2D eigenvalue weighted by molar-refractivity contribution is 0.500. The molecule has 1 atom stereocenters. The summed E-state index contributed by atoms with van der Waals surface area (Å²) < 4.78 is 0. The molecule has 0 heterocycles. The summed E-state index contributed by atoms with van der Waals surface area (Å²) in [5.74, 6) is 0.864. The topological polar surface area (TPSA) is 0 Å². The smallest absolute Gasteiger partial charge is 0.0257 e. The Kier molecular flexibility index (Phi) is 4.85. The van der Waals surface area contributed by atoms with Crippen LogP contribution in [0.15, 0.2) is 35.9 Å². The molecule has 1 aromatic rings. The van der Waals surface area contributed by atoms with Crippen LogP contribution in [-0.2, 0) is 0 Å². The molecule has 2 rings (SSSR count). The summed E-state index contributed by atoms with van der Waals surface area (Å²) >= 11 is 0. The molecule has 0 amide bonds. The van der Waals surface area contributed by atoms with Crippen molar-refractivity contribution in [3.63, 3.8) is 0 Å². The first kappa shape index (κ1) is 12.4. The summed E-state index contributed by atoms with van der Waals surface area (Å²) in [6.45, 7) is 2.41. The molecule has 1 saturated carbocycles. The molecule has 0 aliphatic heterocycles. The molecule has 1 fully saturated rings. The Morgan fingerprint density at radius 1 is 1.00 bits per heavy atom. The van der Waals surface area contributed by atoms with Crippen molar-refractivity contribution in [3.8, 4) is 0 Å². The lowest BCUT2D eigenvalue weighted by atomic mass is 9.94. The van der Waals surface area contributed by atoms with Gasteiger partial charge in [-0.15, -0.1) is 0 Å². The second kappa shape index (κ2) is 6.64. The van der Waals surface area contributed by atoms with E-state index in [1.54, 1.807) is 5.57 Å². The minimum Gasteiger partial charge on any atom is -0.0694 e. The summed E-state index contributed by atoms with van der Waals surface area (Å²) in [4.78, 5) is 0. The number of rotatable bonds is 1. The molecular weight excluding hydrogens is 204 g/mol. The van der Waals surface area contributed by atoms with E-state index in [1.807, 2.05) is 0 Å². The number of hydrogen-bond donors (Lipinski definition) is 0. The molecule has 1 unspecified atom stereocenters. The normalized spacial score (nSPS) is 25.0. The predicted octanol–water partition coefficient (Wildman–Crippen LogP) is 5.45. The predicted molar refractivity (Wildman–Crippen MR) is 75.9 cm³/mol. The Morgan fingerprint density at radius 3 is 2.59 bits per heavy atom. The van der Waals surface area contributed by atoms with Gasteiger partial charge in [-0.05, 0) is 30.7 Å². The molecule has 0 N–H and O–H groups in total. The van der Waals surface area contributed by atoms with Gasteiger partial charge in [0.25, 0.3) is 0 Å². The number of allylic oxidation sites excluding steroid dienone is 1. The molecular formula is C17H24. The minimum atomic E-state index is 0.864. The fourth-order valence-corrected chi connectivity index (χ4v) is 2.77. The Balaban J connectivity index is 2.08. The van der Waals surface area contributed by atoms with Gasteiger partial charge >= 0.3 is 0 Å². The molecule has 0 saturated heterocycles. The number of benzene rings is 1. The van der Waals surface area contributed by atoms with E-state index in [4.69, 9.17) is 0 Å². The van der Waals surface area contributed by atoms with Crippen molar-refractivity contribution in [1.29, 1.82) is 0 Å². The monoisotopic (exact) mass is 228 g/mol. The first-order valence-corrected chi connectivity index (χ1v) is 7.09. The molecule has 0 radical (unpaired) electrons. The van der Waals surface area contributed by atoms with Crippen LogP contribution >= 0.6 is 0 Å². The maximum atomic E-state index is 2.42. The van der Waals surface area contributed by atoms with Crippen molar-refractivity contribution in [3.05, 3.63) is 41.5 Å². The molecule has 92 valence electrons. The van der Waals surface area contributed by atoms with Crippen LogP contribution in [-0.4, -0.2) is 0 Å². The molecule has 0 aromatic heterocycles. The average molecular weight is 228 g/mol. The van der Waals surface area contributed by atoms with Crippen LogP contribution in [0.5, 0.6) is 0 Å². The third kappa shape index (κ3) is 4.38. The van der Waals surface area contributed by atoms with Gasteiger partial charge in [0, 0.05) is 0 Å². The van der Waals surface area contributed by atoms with E-state index in [2.05, 4.69) is 43.3 Å². The highest BCUT2D eigenvalue weighted by Crippen LogP contribution is 2.26. The van der Waals surface area contributed by atoms with Crippen LogP contribution in [0.25, 0.3) is 6.08 Å².